The van der Waals surface area contributed by atoms with Crippen molar-refractivity contribution in [2.24, 2.45) is 0 Å². The molecule has 3 aromatic carbocycles. The molecule has 0 heterocycles. The molecular formula is C21H20N2O3S. The van der Waals surface area contributed by atoms with Gasteiger partial charge in [0.1, 0.15) is 6.54 Å². The first-order valence-electron chi connectivity index (χ1n) is 8.46. The van der Waals surface area contributed by atoms with Crippen molar-refractivity contribution in [1.29, 1.82) is 0 Å². The molecule has 0 aromatic heterocycles. The molecule has 0 aliphatic rings. The second-order valence-electron chi connectivity index (χ2n) is 6.07. The van der Waals surface area contributed by atoms with E-state index in [-0.39, 0.29) is 11.4 Å². The molecule has 0 fully saturated rings. The highest BCUT2D eigenvalue weighted by Gasteiger charge is 2.26. The lowest BCUT2D eigenvalue weighted by molar-refractivity contribution is -0.114. The Labute approximate surface area is 159 Å². The first kappa shape index (κ1) is 18.7. The van der Waals surface area contributed by atoms with Gasteiger partial charge in [0.05, 0.1) is 10.6 Å². The van der Waals surface area contributed by atoms with E-state index in [1.54, 1.807) is 60.7 Å². The second-order valence-corrected chi connectivity index (χ2v) is 7.94. The standard InChI is InChI=1S/C21H20N2O3S/c1-17-12-14-18(15-13-17)22-21(24)16-23(19-8-4-2-5-9-19)27(25,26)20-10-6-3-7-11-20/h2-15H,16H2,1H3,(H,22,24). The zero-order chi connectivity index (χ0) is 19.3. The number of hydrogen-bond donors (Lipinski definition) is 1. The maximum Gasteiger partial charge on any atom is 0.264 e. The number of benzene rings is 3. The average molecular weight is 380 g/mol. The van der Waals surface area contributed by atoms with E-state index < -0.39 is 15.9 Å². The molecule has 0 aliphatic heterocycles. The van der Waals surface area contributed by atoms with Crippen LogP contribution in [0.5, 0.6) is 0 Å². The van der Waals surface area contributed by atoms with Crippen molar-refractivity contribution in [1.82, 2.24) is 0 Å². The van der Waals surface area contributed by atoms with Crippen molar-refractivity contribution in [3.05, 3.63) is 90.5 Å². The summed E-state index contributed by atoms with van der Waals surface area (Å²) in [6.07, 6.45) is 0. The van der Waals surface area contributed by atoms with Gasteiger partial charge in [-0.2, -0.15) is 0 Å². The van der Waals surface area contributed by atoms with Gasteiger partial charge in [-0.15, -0.1) is 0 Å². The van der Waals surface area contributed by atoms with Crippen molar-refractivity contribution < 1.29 is 13.2 Å². The van der Waals surface area contributed by atoms with Gasteiger partial charge in [-0.1, -0.05) is 54.1 Å². The second kappa shape index (κ2) is 8.05. The molecule has 0 saturated carbocycles. The number of aryl methyl sites for hydroxylation is 1. The summed E-state index contributed by atoms with van der Waals surface area (Å²) in [5.41, 5.74) is 2.13. The van der Waals surface area contributed by atoms with Crippen LogP contribution in [0.25, 0.3) is 0 Å². The molecule has 1 N–H and O–H groups in total. The number of para-hydroxylation sites is 1. The van der Waals surface area contributed by atoms with E-state index in [1.165, 1.54) is 12.1 Å². The lowest BCUT2D eigenvalue weighted by atomic mass is 10.2. The van der Waals surface area contributed by atoms with Gasteiger partial charge in [0.2, 0.25) is 5.91 Å². The number of sulfonamides is 1. The number of carbonyl (C=O) groups excluding carboxylic acids is 1. The van der Waals surface area contributed by atoms with E-state index in [9.17, 15) is 13.2 Å². The molecule has 1 amide bonds. The van der Waals surface area contributed by atoms with E-state index in [2.05, 4.69) is 5.32 Å². The molecule has 0 atom stereocenters. The van der Waals surface area contributed by atoms with Gasteiger partial charge in [-0.3, -0.25) is 9.10 Å². The summed E-state index contributed by atoms with van der Waals surface area (Å²) < 4.78 is 27.3. The maximum absolute atomic E-state index is 13.1. The lowest BCUT2D eigenvalue weighted by Crippen LogP contribution is -2.38. The number of nitrogens with zero attached hydrogens (tertiary/aromatic N) is 1. The quantitative estimate of drug-likeness (QED) is 0.707. The fraction of sp³-hybridized carbons (Fsp3) is 0.0952. The van der Waals surface area contributed by atoms with Crippen molar-refractivity contribution >= 4 is 27.3 Å². The smallest absolute Gasteiger partial charge is 0.264 e. The van der Waals surface area contributed by atoms with Crippen molar-refractivity contribution in [2.45, 2.75) is 11.8 Å². The van der Waals surface area contributed by atoms with Gasteiger partial charge >= 0.3 is 0 Å². The molecule has 138 valence electrons. The van der Waals surface area contributed by atoms with Crippen molar-refractivity contribution in [3.63, 3.8) is 0 Å². The van der Waals surface area contributed by atoms with Gasteiger partial charge in [0.25, 0.3) is 10.0 Å². The van der Waals surface area contributed by atoms with Crippen LogP contribution < -0.4 is 9.62 Å². The summed E-state index contributed by atoms with van der Waals surface area (Å²) >= 11 is 0. The summed E-state index contributed by atoms with van der Waals surface area (Å²) in [4.78, 5) is 12.7. The lowest BCUT2D eigenvalue weighted by Gasteiger charge is -2.24. The number of nitrogens with one attached hydrogen (secondary N) is 1. The molecular weight excluding hydrogens is 360 g/mol. The molecule has 5 nitrogen and oxygen atoms in total. The SMILES string of the molecule is Cc1ccc(NC(=O)CN(c2ccccc2)S(=O)(=O)c2ccccc2)cc1. The Bertz CT molecular complexity index is 1000. The minimum Gasteiger partial charge on any atom is -0.325 e. The zero-order valence-corrected chi connectivity index (χ0v) is 15.7. The average Bonchev–Trinajstić information content (AvgIpc) is 2.69. The Morgan fingerprint density at radius 1 is 0.852 bits per heavy atom. The van der Waals surface area contributed by atoms with Crippen LogP contribution >= 0.6 is 0 Å². The third-order valence-corrected chi connectivity index (χ3v) is 5.79. The monoisotopic (exact) mass is 380 g/mol. The molecule has 0 saturated heterocycles. The van der Waals surface area contributed by atoms with E-state index in [1.807, 2.05) is 19.1 Å². The largest absolute Gasteiger partial charge is 0.325 e. The number of carbonyl (C=O) groups is 1. The number of rotatable bonds is 6. The molecule has 0 aliphatic carbocycles. The number of anilines is 2. The Hall–Kier alpha value is -3.12. The van der Waals surface area contributed by atoms with Crippen LogP contribution in [0, 0.1) is 6.92 Å². The summed E-state index contributed by atoms with van der Waals surface area (Å²) in [6, 6.07) is 24.0. The number of hydrogen-bond acceptors (Lipinski definition) is 3. The highest BCUT2D eigenvalue weighted by atomic mass is 32.2. The molecule has 0 radical (unpaired) electrons. The van der Waals surface area contributed by atoms with Crippen LogP contribution in [0.15, 0.2) is 89.8 Å². The Balaban J connectivity index is 1.89. The third-order valence-electron chi connectivity index (χ3n) is 4.00. The van der Waals surface area contributed by atoms with E-state index in [4.69, 9.17) is 0 Å². The number of amides is 1. The van der Waals surface area contributed by atoms with Crippen molar-refractivity contribution in [2.75, 3.05) is 16.2 Å². The van der Waals surface area contributed by atoms with E-state index >= 15 is 0 Å². The maximum atomic E-state index is 13.1. The van der Waals surface area contributed by atoms with Crippen molar-refractivity contribution in [3.8, 4) is 0 Å². The zero-order valence-electron chi connectivity index (χ0n) is 14.9. The van der Waals surface area contributed by atoms with Crippen LogP contribution in [-0.2, 0) is 14.8 Å². The molecule has 6 heteroatoms. The fourth-order valence-corrected chi connectivity index (χ4v) is 4.04. The minimum atomic E-state index is -3.88. The van der Waals surface area contributed by atoms with Crippen LogP contribution in [0.1, 0.15) is 5.56 Å². The first-order chi connectivity index (χ1) is 13.0. The Morgan fingerprint density at radius 2 is 1.41 bits per heavy atom. The van der Waals surface area contributed by atoms with Gasteiger partial charge in [0, 0.05) is 5.69 Å². The normalized spacial score (nSPS) is 11.0. The highest BCUT2D eigenvalue weighted by Crippen LogP contribution is 2.23. The predicted molar refractivity (Wildman–Crippen MR) is 107 cm³/mol. The van der Waals surface area contributed by atoms with Gasteiger partial charge < -0.3 is 5.32 Å². The first-order valence-corrected chi connectivity index (χ1v) is 9.90. The third kappa shape index (κ3) is 4.54. The van der Waals surface area contributed by atoms with Gasteiger partial charge in [0.15, 0.2) is 0 Å². The van der Waals surface area contributed by atoms with E-state index in [0.29, 0.717) is 11.4 Å². The Morgan fingerprint density at radius 3 is 2.00 bits per heavy atom. The van der Waals surface area contributed by atoms with Crippen LogP contribution in [0.3, 0.4) is 0 Å². The summed E-state index contributed by atoms with van der Waals surface area (Å²) in [5, 5.41) is 2.75. The molecule has 27 heavy (non-hydrogen) atoms. The van der Waals surface area contributed by atoms with Crippen LogP contribution in [-0.4, -0.2) is 20.9 Å². The van der Waals surface area contributed by atoms with Gasteiger partial charge in [-0.05, 0) is 43.3 Å². The molecule has 0 unspecified atom stereocenters. The topological polar surface area (TPSA) is 66.5 Å². The Kier molecular flexibility index (Phi) is 5.57. The molecule has 3 aromatic rings. The van der Waals surface area contributed by atoms with E-state index in [0.717, 1.165) is 9.87 Å². The molecule has 0 bridgehead atoms. The molecule has 3 rings (SSSR count). The predicted octanol–water partition coefficient (Wildman–Crippen LogP) is 3.83. The summed E-state index contributed by atoms with van der Waals surface area (Å²) in [7, 11) is -3.88. The van der Waals surface area contributed by atoms with Crippen LogP contribution in [0.2, 0.25) is 0 Å². The van der Waals surface area contributed by atoms with Crippen LogP contribution in [0.4, 0.5) is 11.4 Å². The minimum absolute atomic E-state index is 0.136. The van der Waals surface area contributed by atoms with Gasteiger partial charge in [-0.25, -0.2) is 8.42 Å². The summed E-state index contributed by atoms with van der Waals surface area (Å²) in [6.45, 7) is 1.63. The molecule has 0 spiro atoms. The summed E-state index contributed by atoms with van der Waals surface area (Å²) in [5.74, 6) is -0.415. The highest BCUT2D eigenvalue weighted by molar-refractivity contribution is 7.92. The fourth-order valence-electron chi connectivity index (χ4n) is 2.60.